The van der Waals surface area contributed by atoms with E-state index in [0.29, 0.717) is 19.7 Å². The molecule has 132 valence electrons. The van der Waals surface area contributed by atoms with Gasteiger partial charge in [-0.2, -0.15) is 0 Å². The Bertz CT molecular complexity index is 682. The van der Waals surface area contributed by atoms with Gasteiger partial charge in [0, 0.05) is 37.9 Å². The quantitative estimate of drug-likeness (QED) is 0.810. The van der Waals surface area contributed by atoms with Gasteiger partial charge in [-0.15, -0.1) is 0 Å². The third-order valence-electron chi connectivity index (χ3n) is 4.39. The van der Waals surface area contributed by atoms with E-state index in [-0.39, 0.29) is 12.5 Å². The highest BCUT2D eigenvalue weighted by Gasteiger charge is 2.21. The van der Waals surface area contributed by atoms with Crippen LogP contribution in [0.3, 0.4) is 0 Å². The maximum Gasteiger partial charge on any atom is 0.248 e. The molecule has 1 fully saturated rings. The summed E-state index contributed by atoms with van der Waals surface area (Å²) in [5.74, 6) is 0.909. The molecule has 0 radical (unpaired) electrons. The van der Waals surface area contributed by atoms with Gasteiger partial charge in [0.1, 0.15) is 12.4 Å². The minimum atomic E-state index is 0.0567. The molecule has 0 aromatic heterocycles. The topological polar surface area (TPSA) is 42.0 Å². The van der Waals surface area contributed by atoms with Gasteiger partial charge in [-0.1, -0.05) is 36.4 Å². The standard InChI is InChI=1S/C20H24N2O3/c1-24-19-9-5-8-18(14-19)21-10-12-22(13-11-21)20(23)16-25-15-17-6-3-2-4-7-17/h2-9,14H,10-13,15-16H2,1H3. The van der Waals surface area contributed by atoms with Crippen LogP contribution in [0, 0.1) is 0 Å². The van der Waals surface area contributed by atoms with Gasteiger partial charge in [0.05, 0.1) is 13.7 Å². The average Bonchev–Trinajstić information content (AvgIpc) is 2.69. The van der Waals surface area contributed by atoms with Crippen molar-refractivity contribution < 1.29 is 14.3 Å². The number of carbonyl (C=O) groups is 1. The molecule has 2 aromatic rings. The Hall–Kier alpha value is -2.53. The molecule has 0 spiro atoms. The number of hydrogen-bond acceptors (Lipinski definition) is 4. The van der Waals surface area contributed by atoms with Crippen molar-refractivity contribution in [3.8, 4) is 5.75 Å². The lowest BCUT2D eigenvalue weighted by atomic mass is 10.2. The van der Waals surface area contributed by atoms with Gasteiger partial charge in [0.25, 0.3) is 0 Å². The van der Waals surface area contributed by atoms with E-state index >= 15 is 0 Å². The molecular formula is C20H24N2O3. The molecule has 3 rings (SSSR count). The molecule has 1 aliphatic heterocycles. The van der Waals surface area contributed by atoms with Crippen molar-refractivity contribution in [2.24, 2.45) is 0 Å². The first kappa shape index (κ1) is 17.3. The van der Waals surface area contributed by atoms with Gasteiger partial charge in [-0.05, 0) is 17.7 Å². The first-order chi connectivity index (χ1) is 12.3. The second-order valence-corrected chi connectivity index (χ2v) is 6.05. The number of anilines is 1. The van der Waals surface area contributed by atoms with Gasteiger partial charge in [0.15, 0.2) is 0 Å². The van der Waals surface area contributed by atoms with E-state index in [2.05, 4.69) is 11.0 Å². The van der Waals surface area contributed by atoms with Gasteiger partial charge >= 0.3 is 0 Å². The lowest BCUT2D eigenvalue weighted by Gasteiger charge is -2.36. The van der Waals surface area contributed by atoms with Crippen LogP contribution in [-0.4, -0.2) is 50.7 Å². The maximum absolute atomic E-state index is 12.3. The van der Waals surface area contributed by atoms with Crippen molar-refractivity contribution in [1.29, 1.82) is 0 Å². The number of hydrogen-bond donors (Lipinski definition) is 0. The van der Waals surface area contributed by atoms with Crippen LogP contribution >= 0.6 is 0 Å². The van der Waals surface area contributed by atoms with E-state index in [1.807, 2.05) is 53.4 Å². The lowest BCUT2D eigenvalue weighted by molar-refractivity contribution is -0.136. The van der Waals surface area contributed by atoms with Gasteiger partial charge in [-0.3, -0.25) is 4.79 Å². The fourth-order valence-corrected chi connectivity index (χ4v) is 2.94. The van der Waals surface area contributed by atoms with Crippen LogP contribution in [0.1, 0.15) is 5.56 Å². The molecule has 5 heteroatoms. The highest BCUT2D eigenvalue weighted by atomic mass is 16.5. The summed E-state index contributed by atoms with van der Waals surface area (Å²) in [7, 11) is 1.67. The Labute approximate surface area is 148 Å². The molecule has 25 heavy (non-hydrogen) atoms. The van der Waals surface area contributed by atoms with Crippen molar-refractivity contribution in [2.75, 3.05) is 44.8 Å². The normalized spacial score (nSPS) is 14.4. The van der Waals surface area contributed by atoms with E-state index in [9.17, 15) is 4.79 Å². The smallest absolute Gasteiger partial charge is 0.248 e. The lowest BCUT2D eigenvalue weighted by Crippen LogP contribution is -2.49. The van der Waals surface area contributed by atoms with E-state index in [1.54, 1.807) is 7.11 Å². The van der Waals surface area contributed by atoms with Crippen LogP contribution in [0.15, 0.2) is 54.6 Å². The van der Waals surface area contributed by atoms with E-state index in [0.717, 1.165) is 30.1 Å². The minimum Gasteiger partial charge on any atom is -0.497 e. The summed E-state index contributed by atoms with van der Waals surface area (Å²) in [5, 5.41) is 0. The first-order valence-corrected chi connectivity index (χ1v) is 8.55. The van der Waals surface area contributed by atoms with Crippen molar-refractivity contribution in [2.45, 2.75) is 6.61 Å². The van der Waals surface area contributed by atoms with Gasteiger partial charge < -0.3 is 19.3 Å². The molecular weight excluding hydrogens is 316 g/mol. The van der Waals surface area contributed by atoms with E-state index in [1.165, 1.54) is 0 Å². The number of ether oxygens (including phenoxy) is 2. The molecule has 0 bridgehead atoms. The fourth-order valence-electron chi connectivity index (χ4n) is 2.94. The third kappa shape index (κ3) is 4.73. The Morgan fingerprint density at radius 1 is 1.00 bits per heavy atom. The SMILES string of the molecule is COc1cccc(N2CCN(C(=O)COCc3ccccc3)CC2)c1. The monoisotopic (exact) mass is 340 g/mol. The molecule has 0 atom stereocenters. The molecule has 0 unspecified atom stereocenters. The molecule has 5 nitrogen and oxygen atoms in total. The van der Waals surface area contributed by atoms with E-state index in [4.69, 9.17) is 9.47 Å². The molecule has 1 saturated heterocycles. The fraction of sp³-hybridized carbons (Fsp3) is 0.350. The molecule has 0 saturated carbocycles. The van der Waals surface area contributed by atoms with Crippen molar-refractivity contribution in [1.82, 2.24) is 4.90 Å². The summed E-state index contributed by atoms with van der Waals surface area (Å²) < 4.78 is 10.8. The van der Waals surface area contributed by atoms with Gasteiger partial charge in [-0.25, -0.2) is 0 Å². The second-order valence-electron chi connectivity index (χ2n) is 6.05. The number of amides is 1. The predicted molar refractivity (Wildman–Crippen MR) is 97.9 cm³/mol. The summed E-state index contributed by atoms with van der Waals surface area (Å²) in [6.45, 7) is 3.66. The largest absolute Gasteiger partial charge is 0.497 e. The number of methoxy groups -OCH3 is 1. The highest BCUT2D eigenvalue weighted by molar-refractivity contribution is 5.77. The average molecular weight is 340 g/mol. The summed E-state index contributed by atoms with van der Waals surface area (Å²) >= 11 is 0. The number of piperazine rings is 1. The van der Waals surface area contributed by atoms with Crippen LogP contribution < -0.4 is 9.64 Å². The van der Waals surface area contributed by atoms with Crippen LogP contribution in [0.4, 0.5) is 5.69 Å². The summed E-state index contributed by atoms with van der Waals surface area (Å²) in [6, 6.07) is 17.9. The molecule has 1 amide bonds. The number of benzene rings is 2. The van der Waals surface area contributed by atoms with E-state index < -0.39 is 0 Å². The second kappa shape index (κ2) is 8.53. The zero-order valence-electron chi connectivity index (χ0n) is 14.6. The maximum atomic E-state index is 12.3. The Morgan fingerprint density at radius 2 is 1.76 bits per heavy atom. The summed E-state index contributed by atoms with van der Waals surface area (Å²) in [6.07, 6.45) is 0. The zero-order chi connectivity index (χ0) is 17.5. The van der Waals surface area contributed by atoms with Crippen molar-refractivity contribution >= 4 is 11.6 Å². The Kier molecular flexibility index (Phi) is 5.90. The zero-order valence-corrected chi connectivity index (χ0v) is 14.6. The van der Waals surface area contributed by atoms with Crippen molar-refractivity contribution in [3.05, 3.63) is 60.2 Å². The third-order valence-corrected chi connectivity index (χ3v) is 4.39. The predicted octanol–water partition coefficient (Wildman–Crippen LogP) is 2.56. The Balaban J connectivity index is 1.44. The molecule has 0 N–H and O–H groups in total. The molecule has 1 heterocycles. The van der Waals surface area contributed by atoms with Crippen LogP contribution in [0.25, 0.3) is 0 Å². The Morgan fingerprint density at radius 3 is 2.48 bits per heavy atom. The number of nitrogens with zero attached hydrogens (tertiary/aromatic N) is 2. The summed E-state index contributed by atoms with van der Waals surface area (Å²) in [4.78, 5) is 16.4. The van der Waals surface area contributed by atoms with Crippen LogP contribution in [-0.2, 0) is 16.1 Å². The first-order valence-electron chi connectivity index (χ1n) is 8.55. The summed E-state index contributed by atoms with van der Waals surface area (Å²) in [5.41, 5.74) is 2.21. The van der Waals surface area contributed by atoms with Crippen molar-refractivity contribution in [3.63, 3.8) is 0 Å². The molecule has 1 aliphatic rings. The van der Waals surface area contributed by atoms with Gasteiger partial charge in [0.2, 0.25) is 5.91 Å². The highest BCUT2D eigenvalue weighted by Crippen LogP contribution is 2.22. The minimum absolute atomic E-state index is 0.0567. The number of carbonyl (C=O) groups excluding carboxylic acids is 1. The molecule has 2 aromatic carbocycles. The number of rotatable bonds is 6. The van der Waals surface area contributed by atoms with Crippen LogP contribution in [0.5, 0.6) is 5.75 Å². The van der Waals surface area contributed by atoms with Crippen LogP contribution in [0.2, 0.25) is 0 Å². The molecule has 0 aliphatic carbocycles.